The van der Waals surface area contributed by atoms with Crippen LogP contribution in [0.1, 0.15) is 28.7 Å². The Bertz CT molecular complexity index is 1630. The minimum absolute atomic E-state index is 0.557. The van der Waals surface area contributed by atoms with Crippen LogP contribution in [0.2, 0.25) is 0 Å². The van der Waals surface area contributed by atoms with E-state index in [0.717, 1.165) is 61.6 Å². The lowest BCUT2D eigenvalue weighted by atomic mass is 9.79. The SMILES string of the molecule is CN(C)c1nc2c(C3(O)CCN(C)c4ccc5cccc3c5c4)cc(Br)cc2cc1Cc1ccccc1. The first-order chi connectivity index (χ1) is 17.8. The van der Waals surface area contributed by atoms with E-state index in [0.29, 0.717) is 6.42 Å². The Hall–Kier alpha value is -3.41. The molecule has 0 saturated heterocycles. The van der Waals surface area contributed by atoms with Crippen LogP contribution in [-0.2, 0) is 12.0 Å². The third-order valence-corrected chi connectivity index (χ3v) is 8.06. The Morgan fingerprint density at radius 1 is 0.919 bits per heavy atom. The van der Waals surface area contributed by atoms with Gasteiger partial charge in [0.1, 0.15) is 11.4 Å². The zero-order valence-electron chi connectivity index (χ0n) is 21.4. The highest BCUT2D eigenvalue weighted by molar-refractivity contribution is 9.10. The first-order valence-electron chi connectivity index (χ1n) is 12.7. The molecule has 5 heteroatoms. The maximum absolute atomic E-state index is 12.7. The zero-order chi connectivity index (χ0) is 25.7. The third-order valence-electron chi connectivity index (χ3n) is 7.61. The molecule has 1 atom stereocenters. The average molecular weight is 553 g/mol. The second kappa shape index (κ2) is 9.16. The summed E-state index contributed by atoms with van der Waals surface area (Å²) in [4.78, 5) is 9.52. The number of anilines is 2. The van der Waals surface area contributed by atoms with Crippen LogP contribution in [0.4, 0.5) is 11.5 Å². The van der Waals surface area contributed by atoms with Crippen LogP contribution >= 0.6 is 15.9 Å². The molecule has 0 amide bonds. The predicted molar refractivity (Wildman–Crippen MR) is 158 cm³/mol. The van der Waals surface area contributed by atoms with E-state index in [4.69, 9.17) is 4.98 Å². The Balaban J connectivity index is 1.61. The summed E-state index contributed by atoms with van der Waals surface area (Å²) in [5, 5.41) is 15.9. The second-order valence-electron chi connectivity index (χ2n) is 10.3. The molecule has 186 valence electrons. The van der Waals surface area contributed by atoms with Crippen molar-refractivity contribution in [2.24, 2.45) is 0 Å². The van der Waals surface area contributed by atoms with Crippen molar-refractivity contribution in [2.45, 2.75) is 18.4 Å². The third kappa shape index (κ3) is 4.16. The quantitative estimate of drug-likeness (QED) is 0.264. The molecule has 5 aromatic rings. The van der Waals surface area contributed by atoms with Gasteiger partial charge in [-0.15, -0.1) is 0 Å². The van der Waals surface area contributed by atoms with Crippen molar-refractivity contribution in [2.75, 3.05) is 37.5 Å². The smallest absolute Gasteiger partial charge is 0.132 e. The fraction of sp³-hybridized carbons (Fsp3) is 0.219. The van der Waals surface area contributed by atoms with Crippen LogP contribution in [0.3, 0.4) is 0 Å². The maximum atomic E-state index is 12.7. The summed E-state index contributed by atoms with van der Waals surface area (Å²) < 4.78 is 0.935. The molecule has 6 rings (SSSR count). The van der Waals surface area contributed by atoms with Gasteiger partial charge in [-0.25, -0.2) is 4.98 Å². The van der Waals surface area contributed by atoms with Crippen molar-refractivity contribution in [3.8, 4) is 0 Å². The summed E-state index contributed by atoms with van der Waals surface area (Å²) in [5.74, 6) is 0.923. The second-order valence-corrected chi connectivity index (χ2v) is 11.2. The number of halogens is 1. The number of nitrogens with zero attached hydrogens (tertiary/aromatic N) is 3. The lowest BCUT2D eigenvalue weighted by Crippen LogP contribution is -2.35. The van der Waals surface area contributed by atoms with Gasteiger partial charge >= 0.3 is 0 Å². The highest BCUT2D eigenvalue weighted by atomic mass is 79.9. The van der Waals surface area contributed by atoms with E-state index in [-0.39, 0.29) is 0 Å². The molecule has 0 radical (unpaired) electrons. The van der Waals surface area contributed by atoms with Crippen molar-refractivity contribution in [3.63, 3.8) is 0 Å². The maximum Gasteiger partial charge on any atom is 0.132 e. The van der Waals surface area contributed by atoms with Gasteiger partial charge in [-0.1, -0.05) is 70.5 Å². The van der Waals surface area contributed by atoms with Crippen molar-refractivity contribution in [3.05, 3.63) is 112 Å². The molecule has 2 heterocycles. The molecule has 1 aliphatic heterocycles. The number of aliphatic hydroxyl groups is 1. The van der Waals surface area contributed by atoms with Gasteiger partial charge in [-0.2, -0.15) is 0 Å². The summed E-state index contributed by atoms with van der Waals surface area (Å²) in [7, 11) is 6.16. The summed E-state index contributed by atoms with van der Waals surface area (Å²) in [6.07, 6.45) is 1.35. The van der Waals surface area contributed by atoms with E-state index >= 15 is 0 Å². The molecule has 37 heavy (non-hydrogen) atoms. The molecule has 1 aliphatic rings. The molecule has 1 N–H and O–H groups in total. The normalized spacial score (nSPS) is 17.3. The van der Waals surface area contributed by atoms with Gasteiger partial charge in [0.15, 0.2) is 0 Å². The number of rotatable bonds is 4. The lowest BCUT2D eigenvalue weighted by Gasteiger charge is -2.36. The molecule has 1 aromatic heterocycles. The van der Waals surface area contributed by atoms with Crippen LogP contribution in [-0.4, -0.2) is 37.8 Å². The van der Waals surface area contributed by atoms with Gasteiger partial charge in [-0.05, 0) is 57.8 Å². The monoisotopic (exact) mass is 551 g/mol. The molecular formula is C32H30BrN3O. The lowest BCUT2D eigenvalue weighted by molar-refractivity contribution is 0.0759. The van der Waals surface area contributed by atoms with E-state index in [1.807, 2.05) is 26.2 Å². The first kappa shape index (κ1) is 24.0. The Morgan fingerprint density at radius 3 is 2.51 bits per heavy atom. The molecule has 4 nitrogen and oxygen atoms in total. The molecule has 2 bridgehead atoms. The van der Waals surface area contributed by atoms with Crippen molar-refractivity contribution < 1.29 is 5.11 Å². The number of hydrogen-bond acceptors (Lipinski definition) is 4. The molecule has 0 fully saturated rings. The number of benzene rings is 4. The minimum atomic E-state index is -1.20. The number of hydrogen-bond donors (Lipinski definition) is 1. The molecule has 0 aliphatic carbocycles. The van der Waals surface area contributed by atoms with Gasteiger partial charge in [0.05, 0.1) is 5.52 Å². The van der Waals surface area contributed by atoms with Gasteiger partial charge in [0, 0.05) is 61.6 Å². The van der Waals surface area contributed by atoms with E-state index < -0.39 is 5.60 Å². The zero-order valence-corrected chi connectivity index (χ0v) is 23.0. The Morgan fingerprint density at radius 2 is 1.73 bits per heavy atom. The summed E-state index contributed by atoms with van der Waals surface area (Å²) in [6, 6.07) is 29.6. The largest absolute Gasteiger partial charge is 0.380 e. The topological polar surface area (TPSA) is 39.6 Å². The molecule has 4 aromatic carbocycles. The summed E-state index contributed by atoms with van der Waals surface area (Å²) in [6.45, 7) is 0.719. The van der Waals surface area contributed by atoms with E-state index in [1.165, 1.54) is 11.3 Å². The number of fused-ring (bicyclic) bond motifs is 2. The van der Waals surface area contributed by atoms with Gasteiger partial charge < -0.3 is 14.9 Å². The van der Waals surface area contributed by atoms with E-state index in [9.17, 15) is 5.11 Å². The van der Waals surface area contributed by atoms with Crippen LogP contribution in [0.15, 0.2) is 89.4 Å². The van der Waals surface area contributed by atoms with Gasteiger partial charge in [0.25, 0.3) is 0 Å². The van der Waals surface area contributed by atoms with Crippen LogP contribution in [0.5, 0.6) is 0 Å². The number of aromatic nitrogens is 1. The summed E-state index contributed by atoms with van der Waals surface area (Å²) in [5.41, 5.74) is 4.97. The van der Waals surface area contributed by atoms with Gasteiger partial charge in [-0.3, -0.25) is 0 Å². The van der Waals surface area contributed by atoms with Crippen LogP contribution in [0, 0.1) is 0 Å². The van der Waals surface area contributed by atoms with Crippen molar-refractivity contribution in [1.29, 1.82) is 0 Å². The number of pyridine rings is 1. The predicted octanol–water partition coefficient (Wildman–Crippen LogP) is 6.88. The van der Waals surface area contributed by atoms with Gasteiger partial charge in [0.2, 0.25) is 0 Å². The molecule has 1 unspecified atom stereocenters. The fourth-order valence-electron chi connectivity index (χ4n) is 5.67. The van der Waals surface area contributed by atoms with Crippen LogP contribution in [0.25, 0.3) is 21.7 Å². The highest BCUT2D eigenvalue weighted by Gasteiger charge is 2.37. The standard InChI is InChI=1S/C32H30BrN3O/c1-35(2)31-24(16-21-8-5-4-6-9-21)17-23-18-25(33)19-29(30(23)34-31)32(37)14-15-36(3)26-13-12-22-10-7-11-28(32)27(22)20-26/h4-13,17-20,37H,14-16H2,1-3H3. The molecule has 0 spiro atoms. The van der Waals surface area contributed by atoms with Crippen LogP contribution < -0.4 is 9.80 Å². The minimum Gasteiger partial charge on any atom is -0.380 e. The van der Waals surface area contributed by atoms with Crippen molar-refractivity contribution in [1.82, 2.24) is 4.98 Å². The highest BCUT2D eigenvalue weighted by Crippen LogP contribution is 2.44. The average Bonchev–Trinajstić information content (AvgIpc) is 2.90. The Kier molecular flexibility index (Phi) is 5.93. The summed E-state index contributed by atoms with van der Waals surface area (Å²) >= 11 is 3.75. The first-order valence-corrected chi connectivity index (χ1v) is 13.4. The fourth-order valence-corrected chi connectivity index (χ4v) is 6.14. The Labute approximate surface area is 226 Å². The molecular weight excluding hydrogens is 522 g/mol. The van der Waals surface area contributed by atoms with E-state index in [2.05, 4.69) is 106 Å². The van der Waals surface area contributed by atoms with E-state index in [1.54, 1.807) is 0 Å². The van der Waals surface area contributed by atoms with Crippen molar-refractivity contribution >= 4 is 49.1 Å². The molecule has 0 saturated carbocycles.